The molecule has 3 heteroatoms. The van der Waals surface area contributed by atoms with E-state index in [-0.39, 0.29) is 0 Å². The first kappa shape index (κ1) is 26.1. The third-order valence-electron chi connectivity index (χ3n) is 8.91. The van der Waals surface area contributed by atoms with Crippen LogP contribution >= 0.6 is 0 Å². The van der Waals surface area contributed by atoms with Crippen LogP contribution in [0.15, 0.2) is 160 Å². The van der Waals surface area contributed by atoms with Crippen LogP contribution in [0.3, 0.4) is 0 Å². The van der Waals surface area contributed by atoms with Crippen LogP contribution in [0, 0.1) is 11.3 Å². The maximum absolute atomic E-state index is 10.3. The predicted molar refractivity (Wildman–Crippen MR) is 187 cm³/mol. The average Bonchev–Trinajstić information content (AvgIpc) is 3.69. The van der Waals surface area contributed by atoms with Gasteiger partial charge in [0.1, 0.15) is 22.3 Å². The van der Waals surface area contributed by atoms with Crippen LogP contribution in [0.5, 0.6) is 0 Å². The molecule has 0 spiro atoms. The summed E-state index contributed by atoms with van der Waals surface area (Å²) >= 11 is 0. The maximum atomic E-state index is 10.3. The van der Waals surface area contributed by atoms with Gasteiger partial charge in [0.2, 0.25) is 0 Å². The van der Waals surface area contributed by atoms with Gasteiger partial charge in [-0.2, -0.15) is 5.26 Å². The lowest BCUT2D eigenvalue weighted by atomic mass is 9.87. The standard InChI is InChI=1S/C43H25NO2/c44-26-30-11-8-14-34(27-9-2-1-3-10-27)43(30)33-22-31(28-18-20-41-38(24-28)36-13-5-7-16-40(36)45-41)21-32(23-33)29-17-19-37-35-12-4-6-15-39(35)46-42(37)25-29/h1-25H. The van der Waals surface area contributed by atoms with Crippen molar-refractivity contribution in [2.75, 3.05) is 0 Å². The lowest BCUT2D eigenvalue weighted by Gasteiger charge is -2.16. The molecule has 2 aromatic heterocycles. The Morgan fingerprint density at radius 2 is 0.957 bits per heavy atom. The zero-order valence-corrected chi connectivity index (χ0v) is 24.7. The average molecular weight is 588 g/mol. The number of para-hydroxylation sites is 2. The number of hydrogen-bond acceptors (Lipinski definition) is 3. The second-order valence-electron chi connectivity index (χ2n) is 11.6. The Labute approximate surface area is 265 Å². The molecule has 214 valence electrons. The molecule has 0 N–H and O–H groups in total. The molecular weight excluding hydrogens is 562 g/mol. The van der Waals surface area contributed by atoms with Crippen molar-refractivity contribution in [1.29, 1.82) is 5.26 Å². The molecule has 9 rings (SSSR count). The lowest BCUT2D eigenvalue weighted by molar-refractivity contribution is 0.668. The fourth-order valence-electron chi connectivity index (χ4n) is 6.73. The Morgan fingerprint density at radius 3 is 1.72 bits per heavy atom. The first-order valence-corrected chi connectivity index (χ1v) is 15.3. The van der Waals surface area contributed by atoms with Gasteiger partial charge < -0.3 is 8.83 Å². The van der Waals surface area contributed by atoms with Crippen molar-refractivity contribution in [3.8, 4) is 50.6 Å². The number of benzene rings is 7. The summed E-state index contributed by atoms with van der Waals surface area (Å²) in [5.41, 5.74) is 12.3. The highest BCUT2D eigenvalue weighted by molar-refractivity contribution is 6.07. The minimum atomic E-state index is 0.633. The highest BCUT2D eigenvalue weighted by Gasteiger charge is 2.17. The van der Waals surface area contributed by atoms with E-state index in [0.717, 1.165) is 88.4 Å². The Hall–Kier alpha value is -6.37. The van der Waals surface area contributed by atoms with Crippen LogP contribution in [0.2, 0.25) is 0 Å². The number of hydrogen-bond donors (Lipinski definition) is 0. The first-order chi connectivity index (χ1) is 22.7. The van der Waals surface area contributed by atoms with Crippen molar-refractivity contribution in [2.24, 2.45) is 0 Å². The van der Waals surface area contributed by atoms with Crippen molar-refractivity contribution in [3.63, 3.8) is 0 Å². The molecule has 0 aliphatic rings. The summed E-state index contributed by atoms with van der Waals surface area (Å²) < 4.78 is 12.4. The van der Waals surface area contributed by atoms with Gasteiger partial charge in [0.05, 0.1) is 11.6 Å². The summed E-state index contributed by atoms with van der Waals surface area (Å²) in [7, 11) is 0. The molecule has 7 aromatic carbocycles. The number of nitriles is 1. The normalized spacial score (nSPS) is 11.5. The van der Waals surface area contributed by atoms with Crippen molar-refractivity contribution in [2.45, 2.75) is 0 Å². The van der Waals surface area contributed by atoms with E-state index in [9.17, 15) is 5.26 Å². The molecule has 0 amide bonds. The number of nitrogens with zero attached hydrogens (tertiary/aromatic N) is 1. The minimum Gasteiger partial charge on any atom is -0.456 e. The van der Waals surface area contributed by atoms with Gasteiger partial charge in [0.15, 0.2) is 0 Å². The van der Waals surface area contributed by atoms with E-state index in [1.807, 2.05) is 66.7 Å². The van der Waals surface area contributed by atoms with Crippen LogP contribution in [0.1, 0.15) is 5.56 Å². The largest absolute Gasteiger partial charge is 0.456 e. The Morgan fingerprint density at radius 1 is 0.370 bits per heavy atom. The summed E-state index contributed by atoms with van der Waals surface area (Å²) in [4.78, 5) is 0. The molecule has 0 aliphatic heterocycles. The minimum absolute atomic E-state index is 0.633. The highest BCUT2D eigenvalue weighted by Crippen LogP contribution is 2.41. The summed E-state index contributed by atoms with van der Waals surface area (Å²) in [5.74, 6) is 0. The highest BCUT2D eigenvalue weighted by atomic mass is 16.3. The smallest absolute Gasteiger partial charge is 0.136 e. The van der Waals surface area contributed by atoms with Gasteiger partial charge in [-0.05, 0) is 99.6 Å². The van der Waals surface area contributed by atoms with Gasteiger partial charge in [0.25, 0.3) is 0 Å². The fraction of sp³-hybridized carbons (Fsp3) is 0. The van der Waals surface area contributed by atoms with E-state index >= 15 is 0 Å². The van der Waals surface area contributed by atoms with Crippen LogP contribution in [0.4, 0.5) is 0 Å². The van der Waals surface area contributed by atoms with Crippen molar-refractivity contribution in [1.82, 2.24) is 0 Å². The van der Waals surface area contributed by atoms with Crippen molar-refractivity contribution < 1.29 is 8.83 Å². The van der Waals surface area contributed by atoms with Gasteiger partial charge in [-0.3, -0.25) is 0 Å². The molecule has 0 atom stereocenters. The number of fused-ring (bicyclic) bond motifs is 6. The number of furan rings is 2. The van der Waals surface area contributed by atoms with Gasteiger partial charge >= 0.3 is 0 Å². The van der Waals surface area contributed by atoms with Gasteiger partial charge in [-0.25, -0.2) is 0 Å². The second-order valence-corrected chi connectivity index (χ2v) is 11.6. The van der Waals surface area contributed by atoms with Crippen LogP contribution in [-0.4, -0.2) is 0 Å². The molecule has 46 heavy (non-hydrogen) atoms. The maximum Gasteiger partial charge on any atom is 0.136 e. The quantitative estimate of drug-likeness (QED) is 0.206. The second kappa shape index (κ2) is 10.4. The zero-order chi connectivity index (χ0) is 30.6. The van der Waals surface area contributed by atoms with Crippen LogP contribution in [-0.2, 0) is 0 Å². The van der Waals surface area contributed by atoms with Gasteiger partial charge in [-0.15, -0.1) is 0 Å². The Bertz CT molecular complexity index is 2650. The molecule has 0 bridgehead atoms. The van der Waals surface area contributed by atoms with E-state index in [4.69, 9.17) is 8.83 Å². The van der Waals surface area contributed by atoms with E-state index in [1.54, 1.807) is 0 Å². The molecule has 9 aromatic rings. The third-order valence-corrected chi connectivity index (χ3v) is 8.91. The monoisotopic (exact) mass is 587 g/mol. The van der Waals surface area contributed by atoms with Gasteiger partial charge in [-0.1, -0.05) is 91.0 Å². The molecule has 3 nitrogen and oxygen atoms in total. The van der Waals surface area contributed by atoms with Crippen LogP contribution < -0.4 is 0 Å². The van der Waals surface area contributed by atoms with Crippen molar-refractivity contribution >= 4 is 43.9 Å². The summed E-state index contributed by atoms with van der Waals surface area (Å²) in [6.45, 7) is 0. The topological polar surface area (TPSA) is 50.1 Å². The Balaban J connectivity index is 1.31. The molecule has 0 saturated heterocycles. The van der Waals surface area contributed by atoms with Gasteiger partial charge in [0, 0.05) is 27.1 Å². The van der Waals surface area contributed by atoms with Crippen LogP contribution in [0.25, 0.3) is 88.4 Å². The van der Waals surface area contributed by atoms with E-state index < -0.39 is 0 Å². The number of rotatable bonds is 4. The third kappa shape index (κ3) is 4.20. The first-order valence-electron chi connectivity index (χ1n) is 15.3. The molecule has 0 saturated carbocycles. The van der Waals surface area contributed by atoms with E-state index in [1.165, 1.54) is 0 Å². The zero-order valence-electron chi connectivity index (χ0n) is 24.7. The molecule has 2 heterocycles. The summed E-state index contributed by atoms with van der Waals surface area (Å²) in [5, 5.41) is 14.7. The Kier molecular flexibility index (Phi) is 5.88. The van der Waals surface area contributed by atoms with Crippen molar-refractivity contribution in [3.05, 3.63) is 157 Å². The summed E-state index contributed by atoms with van der Waals surface area (Å²) in [6, 6.07) is 54.4. The SMILES string of the molecule is N#Cc1cccc(-c2ccccc2)c1-c1cc(-c2ccc3c(c2)oc2ccccc23)cc(-c2ccc3oc4ccccc4c3c2)c1. The summed E-state index contributed by atoms with van der Waals surface area (Å²) in [6.07, 6.45) is 0. The predicted octanol–water partition coefficient (Wildman–Crippen LogP) is 12.0. The fourth-order valence-corrected chi connectivity index (χ4v) is 6.73. The van der Waals surface area contributed by atoms with E-state index in [0.29, 0.717) is 5.56 Å². The molecule has 0 fully saturated rings. The molecular formula is C43H25NO2. The molecule has 0 aliphatic carbocycles. The molecule has 0 radical (unpaired) electrons. The lowest BCUT2D eigenvalue weighted by Crippen LogP contribution is -1.92. The molecule has 0 unspecified atom stereocenters. The van der Waals surface area contributed by atoms with E-state index in [2.05, 4.69) is 91.0 Å².